The number of piperidine rings is 2. The van der Waals surface area contributed by atoms with Gasteiger partial charge in [-0.25, -0.2) is 0 Å². The van der Waals surface area contributed by atoms with Crippen molar-refractivity contribution in [3.05, 3.63) is 0 Å². The van der Waals surface area contributed by atoms with E-state index in [2.05, 4.69) is 27.4 Å². The zero-order valence-corrected chi connectivity index (χ0v) is 16.6. The van der Waals surface area contributed by atoms with Crippen molar-refractivity contribution in [3.8, 4) is 0 Å². The van der Waals surface area contributed by atoms with Gasteiger partial charge >= 0.3 is 0 Å². The van der Waals surface area contributed by atoms with Crippen molar-refractivity contribution in [2.45, 2.75) is 57.9 Å². The number of amides is 2. The molecule has 2 saturated heterocycles. The molecule has 7 heteroatoms. The Morgan fingerprint density at radius 3 is 2.46 bits per heavy atom. The molecule has 0 radical (unpaired) electrons. The molecular formula is C19H35N5O2. The Hall–Kier alpha value is -1.79. The van der Waals surface area contributed by atoms with Crippen LogP contribution in [0, 0.1) is 5.92 Å². The lowest BCUT2D eigenvalue weighted by Gasteiger charge is -2.35. The van der Waals surface area contributed by atoms with E-state index in [-0.39, 0.29) is 11.8 Å². The molecule has 2 aliphatic heterocycles. The van der Waals surface area contributed by atoms with Crippen molar-refractivity contribution < 1.29 is 9.59 Å². The molecule has 2 heterocycles. The van der Waals surface area contributed by atoms with Gasteiger partial charge in [-0.1, -0.05) is 0 Å². The molecule has 0 bridgehead atoms. The molecule has 0 aliphatic carbocycles. The first-order valence-corrected chi connectivity index (χ1v) is 10.0. The van der Waals surface area contributed by atoms with Crippen LogP contribution in [0.5, 0.6) is 0 Å². The van der Waals surface area contributed by atoms with E-state index in [9.17, 15) is 9.59 Å². The van der Waals surface area contributed by atoms with Crippen molar-refractivity contribution in [2.24, 2.45) is 10.9 Å². The van der Waals surface area contributed by atoms with Gasteiger partial charge in [0.15, 0.2) is 5.96 Å². The fourth-order valence-corrected chi connectivity index (χ4v) is 3.94. The third-order valence-electron chi connectivity index (χ3n) is 5.62. The quantitative estimate of drug-likeness (QED) is 0.567. The highest BCUT2D eigenvalue weighted by atomic mass is 16.2. The predicted octanol–water partition coefficient (Wildman–Crippen LogP) is 1.20. The first-order chi connectivity index (χ1) is 12.5. The Bertz CT molecular complexity index is 500. The zero-order chi connectivity index (χ0) is 18.9. The summed E-state index contributed by atoms with van der Waals surface area (Å²) in [4.78, 5) is 32.6. The summed E-state index contributed by atoms with van der Waals surface area (Å²) in [6.45, 7) is 5.46. The number of aliphatic imine (C=N–C) groups is 1. The highest BCUT2D eigenvalue weighted by Gasteiger charge is 2.24. The monoisotopic (exact) mass is 365 g/mol. The predicted molar refractivity (Wildman–Crippen MR) is 104 cm³/mol. The van der Waals surface area contributed by atoms with Gasteiger partial charge in [-0.3, -0.25) is 14.6 Å². The number of nitrogens with one attached hydrogen (secondary N) is 2. The zero-order valence-electron chi connectivity index (χ0n) is 16.6. The van der Waals surface area contributed by atoms with Gasteiger partial charge in [-0.2, -0.15) is 0 Å². The van der Waals surface area contributed by atoms with E-state index in [4.69, 9.17) is 0 Å². The normalized spacial score (nSPS) is 22.3. The molecule has 0 aromatic rings. The maximum Gasteiger partial charge on any atom is 0.224 e. The van der Waals surface area contributed by atoms with E-state index in [0.29, 0.717) is 31.3 Å². The third kappa shape index (κ3) is 5.88. The molecular weight excluding hydrogens is 330 g/mol. The number of hydrogen-bond donors (Lipinski definition) is 2. The van der Waals surface area contributed by atoms with Gasteiger partial charge in [0.1, 0.15) is 0 Å². The molecule has 2 rings (SSSR count). The van der Waals surface area contributed by atoms with Crippen molar-refractivity contribution >= 4 is 17.8 Å². The van der Waals surface area contributed by atoms with Gasteiger partial charge < -0.3 is 20.4 Å². The number of carbonyl (C=O) groups excluding carboxylic acids is 2. The van der Waals surface area contributed by atoms with E-state index in [1.165, 1.54) is 6.42 Å². The highest BCUT2D eigenvalue weighted by Crippen LogP contribution is 2.20. The Morgan fingerprint density at radius 1 is 1.12 bits per heavy atom. The topological polar surface area (TPSA) is 77.0 Å². The lowest BCUT2D eigenvalue weighted by molar-refractivity contribution is -0.134. The summed E-state index contributed by atoms with van der Waals surface area (Å²) >= 11 is 0. The van der Waals surface area contributed by atoms with Crippen LogP contribution in [0.25, 0.3) is 0 Å². The van der Waals surface area contributed by atoms with Crippen LogP contribution in [0.3, 0.4) is 0 Å². The van der Waals surface area contributed by atoms with Gasteiger partial charge in [0.05, 0.1) is 0 Å². The second-order valence-electron chi connectivity index (χ2n) is 7.46. The van der Waals surface area contributed by atoms with Crippen LogP contribution in [0.2, 0.25) is 0 Å². The Balaban J connectivity index is 1.71. The summed E-state index contributed by atoms with van der Waals surface area (Å²) < 4.78 is 0. The number of likely N-dealkylation sites (tertiary alicyclic amines) is 2. The number of carbonyl (C=O) groups is 2. The Labute approximate surface area is 157 Å². The molecule has 0 aromatic heterocycles. The molecule has 1 unspecified atom stereocenters. The Kier molecular flexibility index (Phi) is 8.19. The Morgan fingerprint density at radius 2 is 1.85 bits per heavy atom. The second kappa shape index (κ2) is 10.4. The van der Waals surface area contributed by atoms with Gasteiger partial charge in [-0.05, 0) is 44.9 Å². The lowest BCUT2D eigenvalue weighted by Crippen LogP contribution is -2.47. The highest BCUT2D eigenvalue weighted by molar-refractivity contribution is 5.81. The molecule has 2 aliphatic rings. The third-order valence-corrected chi connectivity index (χ3v) is 5.62. The van der Waals surface area contributed by atoms with E-state index in [1.807, 2.05) is 4.90 Å². The number of rotatable bonds is 5. The molecule has 26 heavy (non-hydrogen) atoms. The molecule has 0 saturated carbocycles. The average Bonchev–Trinajstić information content (AvgIpc) is 2.66. The van der Waals surface area contributed by atoms with E-state index in [0.717, 1.165) is 51.3 Å². The molecule has 2 amide bonds. The van der Waals surface area contributed by atoms with E-state index in [1.54, 1.807) is 14.1 Å². The van der Waals surface area contributed by atoms with Gasteiger partial charge in [-0.15, -0.1) is 0 Å². The maximum absolute atomic E-state index is 12.4. The molecule has 1 atom stereocenters. The minimum Gasteiger partial charge on any atom is -0.359 e. The molecule has 7 nitrogen and oxygen atoms in total. The second-order valence-corrected chi connectivity index (χ2v) is 7.46. The minimum atomic E-state index is 0.122. The maximum atomic E-state index is 12.4. The number of hydrogen-bond acceptors (Lipinski definition) is 3. The SMILES string of the molecule is CN=C(NCCC(=O)N1CCCCC1C)N1CCC(CC(=O)NC)CC1. The van der Waals surface area contributed by atoms with Crippen molar-refractivity contribution in [1.29, 1.82) is 0 Å². The van der Waals surface area contributed by atoms with Gasteiger partial charge in [0.25, 0.3) is 0 Å². The summed E-state index contributed by atoms with van der Waals surface area (Å²) in [7, 11) is 3.47. The summed E-state index contributed by atoms with van der Waals surface area (Å²) in [6, 6.07) is 0.370. The number of guanidine groups is 1. The molecule has 2 N–H and O–H groups in total. The smallest absolute Gasteiger partial charge is 0.224 e. The fraction of sp³-hybridized carbons (Fsp3) is 0.842. The summed E-state index contributed by atoms with van der Waals surface area (Å²) in [5.74, 6) is 1.68. The van der Waals surface area contributed by atoms with Crippen LogP contribution in [-0.4, -0.2) is 73.9 Å². The molecule has 0 spiro atoms. The van der Waals surface area contributed by atoms with E-state index >= 15 is 0 Å². The van der Waals surface area contributed by atoms with Crippen molar-refractivity contribution in [3.63, 3.8) is 0 Å². The molecule has 2 fully saturated rings. The molecule has 0 aromatic carbocycles. The first kappa shape index (κ1) is 20.5. The van der Waals surface area contributed by atoms with Crippen LogP contribution in [0.4, 0.5) is 0 Å². The standard InChI is InChI=1S/C19H35N5O2/c1-15-6-4-5-11-24(15)18(26)7-10-22-19(21-3)23-12-8-16(9-13-23)14-17(25)20-2/h15-16H,4-14H2,1-3H3,(H,20,25)(H,21,22). The average molecular weight is 366 g/mol. The van der Waals surface area contributed by atoms with Crippen molar-refractivity contribution in [2.75, 3.05) is 40.3 Å². The van der Waals surface area contributed by atoms with Gasteiger partial charge in [0.2, 0.25) is 11.8 Å². The van der Waals surface area contributed by atoms with E-state index < -0.39 is 0 Å². The van der Waals surface area contributed by atoms with Crippen LogP contribution < -0.4 is 10.6 Å². The van der Waals surface area contributed by atoms with Crippen LogP contribution in [-0.2, 0) is 9.59 Å². The van der Waals surface area contributed by atoms with Gasteiger partial charge in [0, 0.05) is 59.2 Å². The summed E-state index contributed by atoms with van der Waals surface area (Å²) in [6.07, 6.45) is 6.58. The largest absolute Gasteiger partial charge is 0.359 e. The first-order valence-electron chi connectivity index (χ1n) is 10.0. The van der Waals surface area contributed by atoms with Crippen LogP contribution >= 0.6 is 0 Å². The summed E-state index contributed by atoms with van der Waals surface area (Å²) in [5, 5.41) is 6.04. The fourth-order valence-electron chi connectivity index (χ4n) is 3.94. The van der Waals surface area contributed by atoms with Crippen molar-refractivity contribution in [1.82, 2.24) is 20.4 Å². The minimum absolute atomic E-state index is 0.122. The summed E-state index contributed by atoms with van der Waals surface area (Å²) in [5.41, 5.74) is 0. The molecule has 148 valence electrons. The van der Waals surface area contributed by atoms with Crippen LogP contribution in [0.1, 0.15) is 51.9 Å². The van der Waals surface area contributed by atoms with Crippen LogP contribution in [0.15, 0.2) is 4.99 Å². The lowest BCUT2D eigenvalue weighted by atomic mass is 9.93. The number of nitrogens with zero attached hydrogens (tertiary/aromatic N) is 3.